The van der Waals surface area contributed by atoms with Gasteiger partial charge in [-0.05, 0) is 31.9 Å². The molecule has 0 saturated carbocycles. The molecule has 0 rings (SSSR count). The van der Waals surface area contributed by atoms with Crippen LogP contribution in [0.5, 0.6) is 0 Å². The Labute approximate surface area is 93.7 Å². The van der Waals surface area contributed by atoms with Crippen LogP contribution < -0.4 is 0 Å². The zero-order valence-corrected chi connectivity index (χ0v) is 9.90. The smallest absolute Gasteiger partial charge is 0.0188 e. The summed E-state index contributed by atoms with van der Waals surface area (Å²) in [5.41, 5.74) is 2.36. The number of allylic oxidation sites excluding steroid dienone is 11. The Balaban J connectivity index is 5.18. The molecule has 0 amide bonds. The van der Waals surface area contributed by atoms with Crippen LogP contribution in [0.25, 0.3) is 0 Å². The van der Waals surface area contributed by atoms with Crippen LogP contribution in [-0.4, -0.2) is 0 Å². The van der Waals surface area contributed by atoms with E-state index in [2.05, 4.69) is 24.8 Å². The van der Waals surface area contributed by atoms with Crippen LogP contribution in [-0.2, 0) is 0 Å². The molecular formula is C15H20. The van der Waals surface area contributed by atoms with E-state index in [1.54, 1.807) is 0 Å². The van der Waals surface area contributed by atoms with Crippen molar-refractivity contribution in [1.82, 2.24) is 0 Å². The summed E-state index contributed by atoms with van der Waals surface area (Å²) in [5, 5.41) is 0. The molecule has 0 aliphatic heterocycles. The van der Waals surface area contributed by atoms with Crippen LogP contribution >= 0.6 is 0 Å². The molecule has 0 saturated heterocycles. The van der Waals surface area contributed by atoms with Crippen molar-refractivity contribution >= 4 is 0 Å². The topological polar surface area (TPSA) is 0 Å². The normalized spacial score (nSPS) is 14.6. The molecule has 0 aromatic rings. The third-order valence-electron chi connectivity index (χ3n) is 1.79. The maximum atomic E-state index is 3.73. The van der Waals surface area contributed by atoms with Gasteiger partial charge in [-0.1, -0.05) is 61.3 Å². The van der Waals surface area contributed by atoms with E-state index in [0.717, 1.165) is 0 Å². The zero-order chi connectivity index (χ0) is 11.5. The minimum Gasteiger partial charge on any atom is -0.0990 e. The summed E-state index contributed by atoms with van der Waals surface area (Å²) >= 11 is 0. The number of hydrogen-bond donors (Lipinski definition) is 0. The fourth-order valence-electron chi connectivity index (χ4n) is 1.18. The van der Waals surface area contributed by atoms with E-state index in [1.165, 1.54) is 11.1 Å². The van der Waals surface area contributed by atoms with Gasteiger partial charge in [0.25, 0.3) is 0 Å². The van der Waals surface area contributed by atoms with Gasteiger partial charge < -0.3 is 0 Å². The highest BCUT2D eigenvalue weighted by Gasteiger charge is 1.94. The Hall–Kier alpha value is -1.56. The first-order valence-corrected chi connectivity index (χ1v) is 5.21. The van der Waals surface area contributed by atoms with Crippen LogP contribution in [0.15, 0.2) is 72.4 Å². The van der Waals surface area contributed by atoms with Crippen LogP contribution in [0.4, 0.5) is 0 Å². The van der Waals surface area contributed by atoms with E-state index in [9.17, 15) is 0 Å². The fourth-order valence-corrected chi connectivity index (χ4v) is 1.18. The van der Waals surface area contributed by atoms with Crippen molar-refractivity contribution in [2.75, 3.05) is 0 Å². The van der Waals surface area contributed by atoms with Crippen LogP contribution in [0.2, 0.25) is 0 Å². The van der Waals surface area contributed by atoms with Gasteiger partial charge >= 0.3 is 0 Å². The lowest BCUT2D eigenvalue weighted by Gasteiger charge is -2.01. The van der Waals surface area contributed by atoms with Crippen molar-refractivity contribution in [1.29, 1.82) is 0 Å². The molecule has 0 radical (unpaired) electrons. The van der Waals surface area contributed by atoms with Gasteiger partial charge in [0, 0.05) is 0 Å². The molecule has 15 heavy (non-hydrogen) atoms. The average molecular weight is 200 g/mol. The summed E-state index contributed by atoms with van der Waals surface area (Å²) in [5.74, 6) is 0. The Morgan fingerprint density at radius 1 is 0.800 bits per heavy atom. The standard InChI is InChI=1S/C15H20/c1-5-9-13-15(12-8-4)14(10-6-2)11-7-3/h5-13H,2H2,1,3-4H3/b9-5-,11-7-,12-8-,14-10?,15-13+. The summed E-state index contributed by atoms with van der Waals surface area (Å²) in [6.45, 7) is 9.77. The molecule has 0 aromatic carbocycles. The van der Waals surface area contributed by atoms with Crippen LogP contribution in [0.1, 0.15) is 20.8 Å². The minimum atomic E-state index is 1.17. The Morgan fingerprint density at radius 2 is 1.33 bits per heavy atom. The molecule has 0 nitrogen and oxygen atoms in total. The molecule has 0 heterocycles. The Kier molecular flexibility index (Phi) is 8.08. The van der Waals surface area contributed by atoms with Crippen molar-refractivity contribution in [2.24, 2.45) is 0 Å². The highest BCUT2D eigenvalue weighted by Crippen LogP contribution is 2.14. The lowest BCUT2D eigenvalue weighted by Crippen LogP contribution is -1.82. The van der Waals surface area contributed by atoms with E-state index in [1.807, 2.05) is 57.2 Å². The molecule has 0 N–H and O–H groups in total. The van der Waals surface area contributed by atoms with E-state index in [-0.39, 0.29) is 0 Å². The highest BCUT2D eigenvalue weighted by atomic mass is 14.0. The van der Waals surface area contributed by atoms with Gasteiger partial charge in [-0.2, -0.15) is 0 Å². The van der Waals surface area contributed by atoms with Crippen molar-refractivity contribution in [2.45, 2.75) is 20.8 Å². The second kappa shape index (κ2) is 9.01. The predicted octanol–water partition coefficient (Wildman–Crippen LogP) is 4.75. The van der Waals surface area contributed by atoms with Crippen molar-refractivity contribution in [3.05, 3.63) is 72.4 Å². The first kappa shape index (κ1) is 13.4. The van der Waals surface area contributed by atoms with Crippen molar-refractivity contribution < 1.29 is 0 Å². The molecule has 0 aliphatic rings. The Bertz CT molecular complexity index is 320. The molecule has 0 fully saturated rings. The predicted molar refractivity (Wildman–Crippen MR) is 70.8 cm³/mol. The second-order valence-corrected chi connectivity index (χ2v) is 3.01. The van der Waals surface area contributed by atoms with Gasteiger partial charge in [0.1, 0.15) is 0 Å². The van der Waals surface area contributed by atoms with Gasteiger partial charge in [0.2, 0.25) is 0 Å². The molecule has 80 valence electrons. The monoisotopic (exact) mass is 200 g/mol. The van der Waals surface area contributed by atoms with E-state index in [4.69, 9.17) is 0 Å². The molecule has 0 aliphatic carbocycles. The molecular weight excluding hydrogens is 180 g/mol. The molecule has 0 bridgehead atoms. The largest absolute Gasteiger partial charge is 0.0990 e. The first-order valence-electron chi connectivity index (χ1n) is 5.21. The fraction of sp³-hybridized carbons (Fsp3) is 0.200. The van der Waals surface area contributed by atoms with Gasteiger partial charge in [-0.3, -0.25) is 0 Å². The van der Waals surface area contributed by atoms with Crippen LogP contribution in [0, 0.1) is 0 Å². The summed E-state index contributed by atoms with van der Waals surface area (Å²) in [6.07, 6.45) is 18.2. The number of rotatable bonds is 5. The molecule has 0 spiro atoms. The van der Waals surface area contributed by atoms with E-state index >= 15 is 0 Å². The minimum absolute atomic E-state index is 1.17. The summed E-state index contributed by atoms with van der Waals surface area (Å²) in [6, 6.07) is 0. The first-order chi connectivity index (χ1) is 7.29. The lowest BCUT2D eigenvalue weighted by atomic mass is 10.0. The molecule has 0 heteroatoms. The highest BCUT2D eigenvalue weighted by molar-refractivity contribution is 5.49. The molecule has 0 atom stereocenters. The quantitative estimate of drug-likeness (QED) is 0.562. The maximum Gasteiger partial charge on any atom is -0.0188 e. The third-order valence-corrected chi connectivity index (χ3v) is 1.79. The van der Waals surface area contributed by atoms with Crippen molar-refractivity contribution in [3.63, 3.8) is 0 Å². The van der Waals surface area contributed by atoms with E-state index in [0.29, 0.717) is 0 Å². The van der Waals surface area contributed by atoms with Gasteiger partial charge in [0.05, 0.1) is 0 Å². The molecule has 0 unspecified atom stereocenters. The van der Waals surface area contributed by atoms with Crippen molar-refractivity contribution in [3.8, 4) is 0 Å². The lowest BCUT2D eigenvalue weighted by molar-refractivity contribution is 1.50. The zero-order valence-electron chi connectivity index (χ0n) is 9.90. The average Bonchev–Trinajstić information content (AvgIpc) is 2.24. The van der Waals surface area contributed by atoms with Gasteiger partial charge in [-0.25, -0.2) is 0 Å². The summed E-state index contributed by atoms with van der Waals surface area (Å²) in [7, 11) is 0. The summed E-state index contributed by atoms with van der Waals surface area (Å²) < 4.78 is 0. The summed E-state index contributed by atoms with van der Waals surface area (Å²) in [4.78, 5) is 0. The van der Waals surface area contributed by atoms with Crippen LogP contribution in [0.3, 0.4) is 0 Å². The SMILES string of the molecule is C=CC=C(/C=C\C)C(/C=C\C)=C/C=C\C. The Morgan fingerprint density at radius 3 is 1.73 bits per heavy atom. The third kappa shape index (κ3) is 5.69. The molecule has 0 aromatic heterocycles. The maximum absolute atomic E-state index is 3.73. The van der Waals surface area contributed by atoms with Gasteiger partial charge in [0.15, 0.2) is 0 Å². The van der Waals surface area contributed by atoms with Gasteiger partial charge in [-0.15, -0.1) is 0 Å². The van der Waals surface area contributed by atoms with E-state index < -0.39 is 0 Å². The second-order valence-electron chi connectivity index (χ2n) is 3.01. The number of hydrogen-bond acceptors (Lipinski definition) is 0.